The smallest absolute Gasteiger partial charge is 0.254 e. The van der Waals surface area contributed by atoms with E-state index in [2.05, 4.69) is 15.5 Å². The van der Waals surface area contributed by atoms with E-state index in [-0.39, 0.29) is 18.3 Å². The molecule has 1 N–H and O–H groups in total. The van der Waals surface area contributed by atoms with E-state index in [0.717, 1.165) is 16.6 Å². The maximum atomic E-state index is 13.4. The van der Waals surface area contributed by atoms with Crippen LogP contribution in [0.15, 0.2) is 52.4 Å². The van der Waals surface area contributed by atoms with E-state index >= 15 is 0 Å². The predicted molar refractivity (Wildman–Crippen MR) is 108 cm³/mol. The van der Waals surface area contributed by atoms with Crippen molar-refractivity contribution in [3.8, 4) is 5.69 Å². The van der Waals surface area contributed by atoms with Gasteiger partial charge in [-0.15, -0.1) is 10.2 Å². The number of aromatic nitrogens is 3. The van der Waals surface area contributed by atoms with Gasteiger partial charge in [0.25, 0.3) is 5.91 Å². The number of nitrogens with zero attached hydrogens (tertiary/aromatic N) is 3. The Bertz CT molecular complexity index is 934. The van der Waals surface area contributed by atoms with Gasteiger partial charge in [-0.25, -0.2) is 4.39 Å². The molecule has 0 saturated heterocycles. The van der Waals surface area contributed by atoms with Crippen LogP contribution in [0.25, 0.3) is 5.69 Å². The van der Waals surface area contributed by atoms with Crippen molar-refractivity contribution in [2.45, 2.75) is 43.8 Å². The number of carbonyl (C=O) groups excluding carboxylic acids is 1. The molecule has 2 aromatic heterocycles. The molecule has 1 aromatic carbocycles. The molecule has 6 nitrogen and oxygen atoms in total. The normalized spacial score (nSPS) is 14.8. The van der Waals surface area contributed by atoms with Gasteiger partial charge in [-0.05, 0) is 49.1 Å². The highest BCUT2D eigenvalue weighted by Gasteiger charge is 2.19. The number of thioether (sulfide) groups is 1. The summed E-state index contributed by atoms with van der Waals surface area (Å²) in [5, 5.41) is 12.2. The molecule has 0 spiro atoms. The fourth-order valence-electron chi connectivity index (χ4n) is 3.56. The fourth-order valence-corrected chi connectivity index (χ4v) is 4.72. The van der Waals surface area contributed by atoms with E-state index in [4.69, 9.17) is 4.42 Å². The quantitative estimate of drug-likeness (QED) is 0.572. The second-order valence-corrected chi connectivity index (χ2v) is 8.21. The summed E-state index contributed by atoms with van der Waals surface area (Å²) >= 11 is 1.67. The number of nitrogens with one attached hydrogen (secondary N) is 1. The van der Waals surface area contributed by atoms with E-state index in [9.17, 15) is 9.18 Å². The van der Waals surface area contributed by atoms with Crippen LogP contribution in [-0.2, 0) is 6.54 Å². The second-order valence-electron chi connectivity index (χ2n) is 7.22. The highest BCUT2D eigenvalue weighted by molar-refractivity contribution is 7.99. The van der Waals surface area contributed by atoms with Gasteiger partial charge in [0.05, 0.1) is 18.4 Å². The molecule has 1 saturated carbocycles. The average molecular weight is 415 g/mol. The summed E-state index contributed by atoms with van der Waals surface area (Å²) in [5.41, 5.74) is 1.22. The van der Waals surface area contributed by atoms with Gasteiger partial charge in [0.1, 0.15) is 12.1 Å². The van der Waals surface area contributed by atoms with Crippen LogP contribution in [0.3, 0.4) is 0 Å². The van der Waals surface area contributed by atoms with Crippen LogP contribution in [0.4, 0.5) is 4.39 Å². The van der Waals surface area contributed by atoms with Gasteiger partial charge in [0, 0.05) is 11.4 Å². The summed E-state index contributed by atoms with van der Waals surface area (Å²) in [4.78, 5) is 12.2. The first-order valence-electron chi connectivity index (χ1n) is 9.84. The highest BCUT2D eigenvalue weighted by Crippen LogP contribution is 2.30. The molecule has 0 atom stereocenters. The summed E-state index contributed by atoms with van der Waals surface area (Å²) in [5.74, 6) is 1.73. The minimum absolute atomic E-state index is 0.207. The van der Waals surface area contributed by atoms with E-state index in [0.29, 0.717) is 17.3 Å². The van der Waals surface area contributed by atoms with Gasteiger partial charge >= 0.3 is 0 Å². The lowest BCUT2D eigenvalue weighted by molar-refractivity contribution is 0.0949. The lowest BCUT2D eigenvalue weighted by Crippen LogP contribution is -2.24. The van der Waals surface area contributed by atoms with Crippen molar-refractivity contribution in [3.05, 3.63) is 60.1 Å². The van der Waals surface area contributed by atoms with Crippen LogP contribution in [-0.4, -0.2) is 26.4 Å². The molecule has 3 aromatic rings. The van der Waals surface area contributed by atoms with Crippen molar-refractivity contribution in [3.63, 3.8) is 0 Å². The van der Waals surface area contributed by atoms with Gasteiger partial charge in [-0.1, -0.05) is 31.0 Å². The third-order valence-corrected chi connectivity index (χ3v) is 6.31. The van der Waals surface area contributed by atoms with Crippen molar-refractivity contribution < 1.29 is 13.6 Å². The van der Waals surface area contributed by atoms with E-state index < -0.39 is 0 Å². The van der Waals surface area contributed by atoms with E-state index in [1.807, 2.05) is 4.57 Å². The SMILES string of the molecule is O=C(NCc1nnc(SCC2CCCCC2)n1-c1ccc(F)cc1)c1ccoc1. The van der Waals surface area contributed by atoms with Crippen molar-refractivity contribution >= 4 is 17.7 Å². The Hall–Kier alpha value is -2.61. The van der Waals surface area contributed by atoms with Crippen molar-refractivity contribution in [2.24, 2.45) is 5.92 Å². The number of hydrogen-bond donors (Lipinski definition) is 1. The third-order valence-electron chi connectivity index (χ3n) is 5.15. The monoisotopic (exact) mass is 414 g/mol. The van der Waals surface area contributed by atoms with Crippen molar-refractivity contribution in [1.29, 1.82) is 0 Å². The Morgan fingerprint density at radius 2 is 1.97 bits per heavy atom. The molecule has 0 bridgehead atoms. The van der Waals surface area contributed by atoms with E-state index in [1.165, 1.54) is 56.8 Å². The average Bonchev–Trinajstić information content (AvgIpc) is 3.42. The first kappa shape index (κ1) is 19.7. The summed E-state index contributed by atoms with van der Waals surface area (Å²) in [6.07, 6.45) is 9.27. The fraction of sp³-hybridized carbons (Fsp3) is 0.381. The molecule has 8 heteroatoms. The topological polar surface area (TPSA) is 73.0 Å². The predicted octanol–water partition coefficient (Wildman–Crippen LogP) is 4.60. The zero-order valence-electron chi connectivity index (χ0n) is 16.0. The minimum Gasteiger partial charge on any atom is -0.472 e. The maximum absolute atomic E-state index is 13.4. The van der Waals surface area contributed by atoms with Crippen molar-refractivity contribution in [2.75, 3.05) is 5.75 Å². The number of halogens is 1. The Morgan fingerprint density at radius 1 is 1.17 bits per heavy atom. The molecular weight excluding hydrogens is 391 g/mol. The Kier molecular flexibility index (Phi) is 6.29. The first-order valence-corrected chi connectivity index (χ1v) is 10.8. The Morgan fingerprint density at radius 3 is 2.69 bits per heavy atom. The largest absolute Gasteiger partial charge is 0.472 e. The summed E-state index contributed by atoms with van der Waals surface area (Å²) in [6.45, 7) is 0.207. The lowest BCUT2D eigenvalue weighted by Gasteiger charge is -2.20. The van der Waals surface area contributed by atoms with Crippen LogP contribution in [0.5, 0.6) is 0 Å². The van der Waals surface area contributed by atoms with Gasteiger partial charge in [0.15, 0.2) is 11.0 Å². The number of benzene rings is 1. The molecule has 2 heterocycles. The van der Waals surface area contributed by atoms with E-state index in [1.54, 1.807) is 30.0 Å². The molecule has 0 unspecified atom stereocenters. The van der Waals surface area contributed by atoms with Crippen LogP contribution >= 0.6 is 11.8 Å². The Labute approximate surface area is 172 Å². The maximum Gasteiger partial charge on any atom is 0.254 e. The molecule has 152 valence electrons. The standard InChI is InChI=1S/C21H23FN4O2S/c22-17-6-8-18(9-7-17)26-19(12-23-20(27)16-10-11-28-13-16)24-25-21(26)29-14-15-4-2-1-3-5-15/h6-11,13,15H,1-5,12,14H2,(H,23,27). The highest BCUT2D eigenvalue weighted by atomic mass is 32.2. The number of hydrogen-bond acceptors (Lipinski definition) is 5. The van der Waals surface area contributed by atoms with Gasteiger partial charge in [-0.3, -0.25) is 9.36 Å². The van der Waals surface area contributed by atoms with Crippen LogP contribution < -0.4 is 5.32 Å². The molecule has 29 heavy (non-hydrogen) atoms. The molecule has 1 amide bonds. The molecule has 0 aliphatic heterocycles. The number of rotatable bonds is 7. The van der Waals surface area contributed by atoms with Crippen LogP contribution in [0.2, 0.25) is 0 Å². The molecular formula is C21H23FN4O2S. The Balaban J connectivity index is 1.52. The summed E-state index contributed by atoms with van der Waals surface area (Å²) in [7, 11) is 0. The third kappa shape index (κ3) is 4.87. The minimum atomic E-state index is -0.298. The zero-order chi connectivity index (χ0) is 20.1. The summed E-state index contributed by atoms with van der Waals surface area (Å²) in [6, 6.07) is 7.83. The number of carbonyl (C=O) groups is 1. The van der Waals surface area contributed by atoms with Gasteiger partial charge < -0.3 is 9.73 Å². The zero-order valence-corrected chi connectivity index (χ0v) is 16.8. The number of furan rings is 1. The molecule has 1 aliphatic carbocycles. The van der Waals surface area contributed by atoms with Crippen molar-refractivity contribution in [1.82, 2.24) is 20.1 Å². The van der Waals surface area contributed by atoms with Crippen LogP contribution in [0.1, 0.15) is 48.3 Å². The van der Waals surface area contributed by atoms with Gasteiger partial charge in [-0.2, -0.15) is 0 Å². The molecule has 1 aliphatic rings. The molecule has 0 radical (unpaired) electrons. The van der Waals surface area contributed by atoms with Crippen LogP contribution in [0, 0.1) is 11.7 Å². The first-order chi connectivity index (χ1) is 14.2. The lowest BCUT2D eigenvalue weighted by atomic mass is 9.91. The van der Waals surface area contributed by atoms with Gasteiger partial charge in [0.2, 0.25) is 0 Å². The second kappa shape index (κ2) is 9.26. The molecule has 1 fully saturated rings. The molecule has 4 rings (SSSR count). The summed E-state index contributed by atoms with van der Waals surface area (Å²) < 4.78 is 20.3. The number of amides is 1.